The Labute approximate surface area is 146 Å². The number of ether oxygens (including phenoxy) is 1. The number of aryl methyl sites for hydroxylation is 1. The molecule has 0 saturated carbocycles. The molecule has 1 atom stereocenters. The van der Waals surface area contributed by atoms with Gasteiger partial charge < -0.3 is 9.64 Å². The summed E-state index contributed by atoms with van der Waals surface area (Å²) >= 11 is 0. The topological polar surface area (TPSA) is 29.5 Å². The van der Waals surface area contributed by atoms with Crippen molar-refractivity contribution in [3.63, 3.8) is 0 Å². The lowest BCUT2D eigenvalue weighted by Gasteiger charge is -2.32. The van der Waals surface area contributed by atoms with Crippen LogP contribution in [0.5, 0.6) is 0 Å². The summed E-state index contributed by atoms with van der Waals surface area (Å²) in [5.74, 6) is -1.22. The van der Waals surface area contributed by atoms with Gasteiger partial charge in [-0.3, -0.25) is 4.79 Å². The van der Waals surface area contributed by atoms with E-state index in [0.29, 0.717) is 24.2 Å². The van der Waals surface area contributed by atoms with E-state index in [2.05, 4.69) is 0 Å². The number of carbonyl (C=O) groups excluding carboxylic acids is 1. The normalized spacial score (nSPS) is 17.6. The minimum Gasteiger partial charge on any atom is -0.372 e. The first-order valence-corrected chi connectivity index (χ1v) is 8.44. The molecule has 132 valence electrons. The van der Waals surface area contributed by atoms with Gasteiger partial charge in [0.05, 0.1) is 12.7 Å². The van der Waals surface area contributed by atoms with E-state index in [4.69, 9.17) is 4.74 Å². The lowest BCUT2D eigenvalue weighted by Crippen LogP contribution is -2.43. The van der Waals surface area contributed by atoms with Crippen molar-refractivity contribution < 1.29 is 18.3 Å². The van der Waals surface area contributed by atoms with Crippen molar-refractivity contribution in [1.82, 2.24) is 4.90 Å². The lowest BCUT2D eigenvalue weighted by molar-refractivity contribution is -0.00764. The number of nitrogens with zero attached hydrogens (tertiary/aromatic N) is 1. The first kappa shape index (κ1) is 17.5. The quantitative estimate of drug-likeness (QED) is 0.835. The molecule has 5 heteroatoms. The van der Waals surface area contributed by atoms with Gasteiger partial charge in [0.15, 0.2) is 0 Å². The van der Waals surface area contributed by atoms with Gasteiger partial charge in [-0.2, -0.15) is 0 Å². The molecule has 1 aliphatic rings. The van der Waals surface area contributed by atoms with Crippen LogP contribution < -0.4 is 0 Å². The molecule has 0 aromatic heterocycles. The average molecular weight is 345 g/mol. The maximum atomic E-state index is 13.7. The SMILES string of the molecule is Cc1ccc(C(=O)N2CCCC(OCc3ccc(F)cc3F)C2)cc1. The fourth-order valence-corrected chi connectivity index (χ4v) is 2.98. The smallest absolute Gasteiger partial charge is 0.253 e. The first-order chi connectivity index (χ1) is 12.0. The standard InChI is InChI=1S/C20H21F2NO2/c1-14-4-6-15(7-5-14)20(24)23-10-2-3-18(12-23)25-13-16-8-9-17(21)11-19(16)22/h4-9,11,18H,2-3,10,12-13H2,1H3. The van der Waals surface area contributed by atoms with Gasteiger partial charge >= 0.3 is 0 Å². The van der Waals surface area contributed by atoms with E-state index in [-0.39, 0.29) is 18.6 Å². The molecule has 0 bridgehead atoms. The Bertz CT molecular complexity index is 746. The number of amides is 1. The number of hydrogen-bond acceptors (Lipinski definition) is 2. The molecule has 1 aliphatic heterocycles. The first-order valence-electron chi connectivity index (χ1n) is 8.44. The monoisotopic (exact) mass is 345 g/mol. The molecule has 1 fully saturated rings. The molecular weight excluding hydrogens is 324 g/mol. The minimum absolute atomic E-state index is 0.0127. The molecule has 0 aliphatic carbocycles. The number of halogens is 2. The van der Waals surface area contributed by atoms with Crippen LogP contribution in [0.3, 0.4) is 0 Å². The van der Waals surface area contributed by atoms with E-state index in [0.717, 1.165) is 24.5 Å². The van der Waals surface area contributed by atoms with Crippen molar-refractivity contribution >= 4 is 5.91 Å². The molecule has 25 heavy (non-hydrogen) atoms. The maximum Gasteiger partial charge on any atom is 0.253 e. The van der Waals surface area contributed by atoms with Gasteiger partial charge in [-0.1, -0.05) is 23.8 Å². The van der Waals surface area contributed by atoms with Crippen molar-refractivity contribution in [2.75, 3.05) is 13.1 Å². The Kier molecular flexibility index (Phi) is 5.43. The third-order valence-electron chi connectivity index (χ3n) is 4.45. The van der Waals surface area contributed by atoms with Crippen LogP contribution in [-0.2, 0) is 11.3 Å². The van der Waals surface area contributed by atoms with Crippen molar-refractivity contribution in [3.05, 3.63) is 70.8 Å². The Balaban J connectivity index is 1.59. The van der Waals surface area contributed by atoms with Crippen molar-refractivity contribution in [2.24, 2.45) is 0 Å². The highest BCUT2D eigenvalue weighted by Crippen LogP contribution is 2.19. The number of likely N-dealkylation sites (tertiary alicyclic amines) is 1. The van der Waals surface area contributed by atoms with E-state index in [1.54, 1.807) is 4.90 Å². The van der Waals surface area contributed by atoms with Crippen molar-refractivity contribution in [3.8, 4) is 0 Å². The van der Waals surface area contributed by atoms with Gasteiger partial charge in [0.1, 0.15) is 11.6 Å². The summed E-state index contributed by atoms with van der Waals surface area (Å²) in [4.78, 5) is 14.4. The fraction of sp³-hybridized carbons (Fsp3) is 0.350. The van der Waals surface area contributed by atoms with E-state index >= 15 is 0 Å². The van der Waals surface area contributed by atoms with Crippen LogP contribution in [0.1, 0.15) is 34.3 Å². The highest BCUT2D eigenvalue weighted by Gasteiger charge is 2.25. The van der Waals surface area contributed by atoms with Crippen LogP contribution in [0.25, 0.3) is 0 Å². The van der Waals surface area contributed by atoms with E-state index in [1.807, 2.05) is 31.2 Å². The molecule has 2 aromatic rings. The van der Waals surface area contributed by atoms with Gasteiger partial charge in [-0.25, -0.2) is 8.78 Å². The average Bonchev–Trinajstić information content (AvgIpc) is 2.61. The molecule has 0 spiro atoms. The number of piperidine rings is 1. The summed E-state index contributed by atoms with van der Waals surface area (Å²) in [5.41, 5.74) is 2.09. The summed E-state index contributed by atoms with van der Waals surface area (Å²) in [6, 6.07) is 11.0. The van der Waals surface area contributed by atoms with Gasteiger partial charge in [0, 0.05) is 30.3 Å². The van der Waals surface area contributed by atoms with Crippen molar-refractivity contribution in [2.45, 2.75) is 32.5 Å². The van der Waals surface area contributed by atoms with Crippen LogP contribution in [0.15, 0.2) is 42.5 Å². The molecule has 0 radical (unpaired) electrons. The summed E-state index contributed by atoms with van der Waals surface area (Å²) < 4.78 is 32.4. The number of carbonyl (C=O) groups is 1. The second kappa shape index (κ2) is 7.74. The van der Waals surface area contributed by atoms with E-state index < -0.39 is 11.6 Å². The molecule has 2 aromatic carbocycles. The largest absolute Gasteiger partial charge is 0.372 e. The Morgan fingerprint density at radius 3 is 2.68 bits per heavy atom. The van der Waals surface area contributed by atoms with E-state index in [9.17, 15) is 13.6 Å². The Morgan fingerprint density at radius 2 is 1.96 bits per heavy atom. The second-order valence-electron chi connectivity index (χ2n) is 6.43. The number of benzene rings is 2. The van der Waals surface area contributed by atoms with E-state index in [1.165, 1.54) is 12.1 Å². The fourth-order valence-electron chi connectivity index (χ4n) is 2.98. The predicted molar refractivity (Wildman–Crippen MR) is 91.3 cm³/mol. The third-order valence-corrected chi connectivity index (χ3v) is 4.45. The molecular formula is C20H21F2NO2. The Morgan fingerprint density at radius 1 is 1.20 bits per heavy atom. The second-order valence-corrected chi connectivity index (χ2v) is 6.43. The van der Waals surface area contributed by atoms with Gasteiger partial charge in [0.2, 0.25) is 0 Å². The summed E-state index contributed by atoms with van der Waals surface area (Å²) in [7, 11) is 0. The zero-order chi connectivity index (χ0) is 17.8. The van der Waals surface area contributed by atoms with Crippen LogP contribution in [0, 0.1) is 18.6 Å². The van der Waals surface area contributed by atoms with Crippen LogP contribution in [-0.4, -0.2) is 30.0 Å². The lowest BCUT2D eigenvalue weighted by atomic mass is 10.1. The summed E-state index contributed by atoms with van der Waals surface area (Å²) in [6.07, 6.45) is 1.52. The predicted octanol–water partition coefficient (Wildman–Crippen LogP) is 4.09. The van der Waals surface area contributed by atoms with Crippen LogP contribution >= 0.6 is 0 Å². The molecule has 1 amide bonds. The molecule has 1 saturated heterocycles. The molecule has 3 nitrogen and oxygen atoms in total. The molecule has 3 rings (SSSR count). The van der Waals surface area contributed by atoms with Crippen LogP contribution in [0.4, 0.5) is 8.78 Å². The highest BCUT2D eigenvalue weighted by molar-refractivity contribution is 5.94. The zero-order valence-corrected chi connectivity index (χ0v) is 14.2. The van der Waals surface area contributed by atoms with Gasteiger partial charge in [-0.15, -0.1) is 0 Å². The number of hydrogen-bond donors (Lipinski definition) is 0. The summed E-state index contributed by atoms with van der Waals surface area (Å²) in [6.45, 7) is 3.23. The van der Waals surface area contributed by atoms with Gasteiger partial charge in [-0.05, 0) is 38.0 Å². The molecule has 1 unspecified atom stereocenters. The maximum absolute atomic E-state index is 13.7. The minimum atomic E-state index is -0.608. The zero-order valence-electron chi connectivity index (χ0n) is 14.2. The Hall–Kier alpha value is -2.27. The third kappa shape index (κ3) is 4.42. The molecule has 0 N–H and O–H groups in total. The highest BCUT2D eigenvalue weighted by atomic mass is 19.1. The summed E-state index contributed by atoms with van der Waals surface area (Å²) in [5, 5.41) is 0. The number of rotatable bonds is 4. The van der Waals surface area contributed by atoms with Crippen LogP contribution in [0.2, 0.25) is 0 Å². The molecule has 1 heterocycles. The van der Waals surface area contributed by atoms with Crippen molar-refractivity contribution in [1.29, 1.82) is 0 Å². The van der Waals surface area contributed by atoms with Gasteiger partial charge in [0.25, 0.3) is 5.91 Å².